The summed E-state index contributed by atoms with van der Waals surface area (Å²) >= 11 is 5.28. The van der Waals surface area contributed by atoms with E-state index >= 15 is 0 Å². The third-order valence-corrected chi connectivity index (χ3v) is 4.71. The molecular formula is C11H17BrN2S. The molecule has 2 unspecified atom stereocenters. The maximum absolute atomic E-state index is 3.54. The van der Waals surface area contributed by atoms with Gasteiger partial charge in [0, 0.05) is 27.3 Å². The number of hydrogen-bond acceptors (Lipinski definition) is 3. The van der Waals surface area contributed by atoms with Crippen molar-refractivity contribution < 1.29 is 0 Å². The van der Waals surface area contributed by atoms with Crippen LogP contribution in [-0.4, -0.2) is 19.1 Å². The quantitative estimate of drug-likeness (QED) is 0.890. The summed E-state index contributed by atoms with van der Waals surface area (Å²) in [5.41, 5.74) is 0. The molecule has 0 radical (unpaired) electrons. The first-order valence-corrected chi connectivity index (χ1v) is 7.10. The monoisotopic (exact) mass is 288 g/mol. The molecule has 84 valence electrons. The Hall–Kier alpha value is 0.1000. The van der Waals surface area contributed by atoms with Gasteiger partial charge in [0.2, 0.25) is 0 Å². The Labute approximate surface area is 104 Å². The van der Waals surface area contributed by atoms with Gasteiger partial charge >= 0.3 is 0 Å². The molecule has 2 rings (SSSR count). The van der Waals surface area contributed by atoms with E-state index in [1.807, 2.05) is 11.3 Å². The Balaban J connectivity index is 1.70. The van der Waals surface area contributed by atoms with Crippen molar-refractivity contribution in [3.05, 3.63) is 20.8 Å². The SMILES string of the molecule is CC1NCCC1CNCc1cc(Br)cs1. The summed E-state index contributed by atoms with van der Waals surface area (Å²) in [7, 11) is 0. The van der Waals surface area contributed by atoms with E-state index in [4.69, 9.17) is 0 Å². The lowest BCUT2D eigenvalue weighted by molar-refractivity contribution is 0.440. The highest BCUT2D eigenvalue weighted by Gasteiger charge is 2.21. The minimum atomic E-state index is 0.674. The molecule has 1 aromatic rings. The molecule has 1 saturated heterocycles. The summed E-state index contributed by atoms with van der Waals surface area (Å²) in [4.78, 5) is 1.40. The van der Waals surface area contributed by atoms with Crippen molar-refractivity contribution >= 4 is 27.3 Å². The second-order valence-electron chi connectivity index (χ2n) is 4.15. The van der Waals surface area contributed by atoms with Gasteiger partial charge < -0.3 is 10.6 Å². The van der Waals surface area contributed by atoms with E-state index in [1.165, 1.54) is 22.3 Å². The van der Waals surface area contributed by atoms with Gasteiger partial charge in [0.25, 0.3) is 0 Å². The predicted molar refractivity (Wildman–Crippen MR) is 69.3 cm³/mol. The predicted octanol–water partition coefficient (Wildman–Crippen LogP) is 2.60. The summed E-state index contributed by atoms with van der Waals surface area (Å²) in [6.07, 6.45) is 1.31. The van der Waals surface area contributed by atoms with Crippen molar-refractivity contribution in [2.24, 2.45) is 5.92 Å². The highest BCUT2D eigenvalue weighted by Crippen LogP contribution is 2.20. The minimum absolute atomic E-state index is 0.674. The van der Waals surface area contributed by atoms with Gasteiger partial charge in [-0.2, -0.15) is 0 Å². The van der Waals surface area contributed by atoms with Gasteiger partial charge in [-0.25, -0.2) is 0 Å². The zero-order valence-electron chi connectivity index (χ0n) is 8.92. The summed E-state index contributed by atoms with van der Waals surface area (Å²) < 4.78 is 1.19. The van der Waals surface area contributed by atoms with Crippen LogP contribution < -0.4 is 10.6 Å². The van der Waals surface area contributed by atoms with Crippen LogP contribution in [0.25, 0.3) is 0 Å². The first kappa shape index (κ1) is 11.6. The lowest BCUT2D eigenvalue weighted by atomic mass is 10.0. The van der Waals surface area contributed by atoms with E-state index in [2.05, 4.69) is 44.9 Å². The highest BCUT2D eigenvalue weighted by molar-refractivity contribution is 9.10. The fraction of sp³-hybridized carbons (Fsp3) is 0.636. The summed E-state index contributed by atoms with van der Waals surface area (Å²) in [6.45, 7) is 5.59. The topological polar surface area (TPSA) is 24.1 Å². The van der Waals surface area contributed by atoms with Crippen LogP contribution in [-0.2, 0) is 6.54 Å². The zero-order chi connectivity index (χ0) is 10.7. The average Bonchev–Trinajstić information content (AvgIpc) is 2.77. The standard InChI is InChI=1S/C11H17BrN2S/c1-8-9(2-3-14-8)5-13-6-11-4-10(12)7-15-11/h4,7-9,13-14H,2-3,5-6H2,1H3. The van der Waals surface area contributed by atoms with E-state index < -0.39 is 0 Å². The van der Waals surface area contributed by atoms with Crippen LogP contribution in [0.3, 0.4) is 0 Å². The van der Waals surface area contributed by atoms with Gasteiger partial charge in [0.1, 0.15) is 0 Å². The molecule has 2 atom stereocenters. The van der Waals surface area contributed by atoms with E-state index in [1.54, 1.807) is 0 Å². The Morgan fingerprint density at radius 1 is 1.67 bits per heavy atom. The van der Waals surface area contributed by atoms with Crippen molar-refractivity contribution in [1.82, 2.24) is 10.6 Å². The van der Waals surface area contributed by atoms with Crippen LogP contribution in [0, 0.1) is 5.92 Å². The molecule has 1 fully saturated rings. The summed E-state index contributed by atoms with van der Waals surface area (Å²) in [6, 6.07) is 2.86. The van der Waals surface area contributed by atoms with Crippen LogP contribution in [0.4, 0.5) is 0 Å². The van der Waals surface area contributed by atoms with Crippen LogP contribution in [0.15, 0.2) is 15.9 Å². The number of rotatable bonds is 4. The largest absolute Gasteiger partial charge is 0.314 e. The molecule has 0 spiro atoms. The van der Waals surface area contributed by atoms with Crippen LogP contribution in [0.2, 0.25) is 0 Å². The fourth-order valence-electron chi connectivity index (χ4n) is 2.02. The van der Waals surface area contributed by atoms with Crippen LogP contribution >= 0.6 is 27.3 Å². The maximum atomic E-state index is 3.54. The molecule has 0 amide bonds. The van der Waals surface area contributed by atoms with Gasteiger partial charge in [-0.15, -0.1) is 11.3 Å². The molecule has 0 aromatic carbocycles. The molecule has 0 saturated carbocycles. The lowest BCUT2D eigenvalue weighted by Gasteiger charge is -2.15. The van der Waals surface area contributed by atoms with Crippen molar-refractivity contribution in [2.75, 3.05) is 13.1 Å². The second-order valence-corrected chi connectivity index (χ2v) is 6.07. The molecular weight excluding hydrogens is 272 g/mol. The van der Waals surface area contributed by atoms with Crippen LogP contribution in [0.1, 0.15) is 18.2 Å². The van der Waals surface area contributed by atoms with Crippen molar-refractivity contribution in [3.8, 4) is 0 Å². The zero-order valence-corrected chi connectivity index (χ0v) is 11.3. The number of halogens is 1. The van der Waals surface area contributed by atoms with Crippen LogP contribution in [0.5, 0.6) is 0 Å². The average molecular weight is 289 g/mol. The van der Waals surface area contributed by atoms with Gasteiger partial charge in [0.05, 0.1) is 0 Å². The highest BCUT2D eigenvalue weighted by atomic mass is 79.9. The molecule has 15 heavy (non-hydrogen) atoms. The van der Waals surface area contributed by atoms with E-state index in [-0.39, 0.29) is 0 Å². The summed E-state index contributed by atoms with van der Waals surface area (Å²) in [5.74, 6) is 0.799. The Morgan fingerprint density at radius 3 is 3.13 bits per heavy atom. The van der Waals surface area contributed by atoms with E-state index in [9.17, 15) is 0 Å². The Bertz CT molecular complexity index is 313. The first-order valence-electron chi connectivity index (χ1n) is 5.42. The lowest BCUT2D eigenvalue weighted by Crippen LogP contribution is -2.30. The number of nitrogens with one attached hydrogen (secondary N) is 2. The fourth-order valence-corrected chi connectivity index (χ4v) is 3.44. The third-order valence-electron chi connectivity index (χ3n) is 3.02. The molecule has 1 aromatic heterocycles. The smallest absolute Gasteiger partial charge is 0.0300 e. The molecule has 1 aliphatic rings. The molecule has 2 nitrogen and oxygen atoms in total. The summed E-state index contributed by atoms with van der Waals surface area (Å²) in [5, 5.41) is 9.15. The molecule has 2 heterocycles. The van der Waals surface area contributed by atoms with Crippen molar-refractivity contribution in [1.29, 1.82) is 0 Å². The number of hydrogen-bond donors (Lipinski definition) is 2. The van der Waals surface area contributed by atoms with Crippen molar-refractivity contribution in [3.63, 3.8) is 0 Å². The van der Waals surface area contributed by atoms with E-state index in [0.717, 1.165) is 19.0 Å². The van der Waals surface area contributed by atoms with E-state index in [0.29, 0.717) is 6.04 Å². The molecule has 4 heteroatoms. The third kappa shape index (κ3) is 3.28. The first-order chi connectivity index (χ1) is 7.25. The molecule has 0 bridgehead atoms. The molecule has 1 aliphatic heterocycles. The normalized spacial score (nSPS) is 26.0. The van der Waals surface area contributed by atoms with Gasteiger partial charge in [-0.3, -0.25) is 0 Å². The Morgan fingerprint density at radius 2 is 2.53 bits per heavy atom. The molecule has 2 N–H and O–H groups in total. The van der Waals surface area contributed by atoms with Gasteiger partial charge in [-0.1, -0.05) is 0 Å². The number of thiophene rings is 1. The second kappa shape index (κ2) is 5.43. The van der Waals surface area contributed by atoms with Gasteiger partial charge in [0.15, 0.2) is 0 Å². The minimum Gasteiger partial charge on any atom is -0.314 e. The maximum Gasteiger partial charge on any atom is 0.0300 e. The molecule has 0 aliphatic carbocycles. The Kier molecular flexibility index (Phi) is 4.20. The van der Waals surface area contributed by atoms with Crippen molar-refractivity contribution in [2.45, 2.75) is 25.9 Å². The van der Waals surface area contributed by atoms with Gasteiger partial charge in [-0.05, 0) is 54.3 Å².